The van der Waals surface area contributed by atoms with E-state index in [0.29, 0.717) is 29.7 Å². The van der Waals surface area contributed by atoms with Crippen LogP contribution in [-0.2, 0) is 9.53 Å². The van der Waals surface area contributed by atoms with Gasteiger partial charge in [-0.15, -0.1) is 10.2 Å². The van der Waals surface area contributed by atoms with Gasteiger partial charge in [0.2, 0.25) is 5.89 Å². The second-order valence-corrected chi connectivity index (χ2v) is 7.92. The van der Waals surface area contributed by atoms with E-state index in [4.69, 9.17) is 20.8 Å². The van der Waals surface area contributed by atoms with Crippen LogP contribution in [0.4, 0.5) is 5.69 Å². The molecule has 0 spiro atoms. The predicted molar refractivity (Wildman–Crippen MR) is 116 cm³/mol. The topological polar surface area (TPSA) is 88.7 Å². The average Bonchev–Trinajstić information content (AvgIpc) is 3.23. The number of hydrogen-bond acceptors (Lipinski definition) is 7. The molecule has 9 heteroatoms. The Labute approximate surface area is 182 Å². The maximum Gasteiger partial charge on any atom is 0.342 e. The summed E-state index contributed by atoms with van der Waals surface area (Å²) in [5, 5.41) is 18.3. The third-order valence-corrected chi connectivity index (χ3v) is 5.58. The maximum absolute atomic E-state index is 11.7. The zero-order valence-corrected chi connectivity index (χ0v) is 17.4. The summed E-state index contributed by atoms with van der Waals surface area (Å²) in [5.74, 6) is -0.766. The minimum atomic E-state index is -1.07. The third-order valence-electron chi connectivity index (χ3n) is 4.47. The van der Waals surface area contributed by atoms with Gasteiger partial charge in [0.15, 0.2) is 0 Å². The molecular weight excluding hydrogens is 426 g/mol. The molecule has 1 aliphatic heterocycles. The summed E-state index contributed by atoms with van der Waals surface area (Å²) in [6, 6.07) is 14.7. The number of anilines is 1. The number of aliphatic carboxylic acids is 1. The number of carboxylic acid groups (broad SMARTS) is 1. The Morgan fingerprint density at radius 2 is 1.77 bits per heavy atom. The zero-order chi connectivity index (χ0) is 20.9. The number of ether oxygens (including phenoxy) is 1. The lowest BCUT2D eigenvalue weighted by molar-refractivity contribution is -0.131. The normalized spacial score (nSPS) is 14.7. The molecule has 30 heavy (non-hydrogen) atoms. The summed E-state index contributed by atoms with van der Waals surface area (Å²) < 4.78 is 11.0. The molecular formula is C21H18ClN3O4S. The van der Waals surface area contributed by atoms with Gasteiger partial charge in [0, 0.05) is 29.4 Å². The minimum absolute atomic E-state index is 0.0837. The van der Waals surface area contributed by atoms with Crippen LogP contribution in [0.5, 0.6) is 0 Å². The number of morpholine rings is 1. The lowest BCUT2D eigenvalue weighted by Gasteiger charge is -2.28. The van der Waals surface area contributed by atoms with Crippen molar-refractivity contribution >= 4 is 41.1 Å². The highest BCUT2D eigenvalue weighted by molar-refractivity contribution is 8.03. The molecule has 0 bridgehead atoms. The van der Waals surface area contributed by atoms with E-state index in [1.807, 2.05) is 24.3 Å². The van der Waals surface area contributed by atoms with Crippen LogP contribution in [-0.4, -0.2) is 47.6 Å². The number of carbonyl (C=O) groups is 1. The molecule has 1 aliphatic rings. The Hall–Kier alpha value is -2.81. The van der Waals surface area contributed by atoms with Gasteiger partial charge in [0.25, 0.3) is 5.22 Å². The van der Waals surface area contributed by atoms with Crippen LogP contribution in [0.15, 0.2) is 63.1 Å². The van der Waals surface area contributed by atoms with Gasteiger partial charge >= 0.3 is 5.97 Å². The van der Waals surface area contributed by atoms with E-state index in [1.165, 1.54) is 0 Å². The van der Waals surface area contributed by atoms with E-state index < -0.39 is 5.97 Å². The summed E-state index contributed by atoms with van der Waals surface area (Å²) in [6.07, 6.45) is 1.59. The predicted octanol–water partition coefficient (Wildman–Crippen LogP) is 4.44. The summed E-state index contributed by atoms with van der Waals surface area (Å²) in [7, 11) is 0. The van der Waals surface area contributed by atoms with Crippen LogP contribution in [0, 0.1) is 0 Å². The summed E-state index contributed by atoms with van der Waals surface area (Å²) in [5.41, 5.74) is 2.57. The van der Waals surface area contributed by atoms with Crippen LogP contribution >= 0.6 is 23.4 Å². The molecule has 1 saturated heterocycles. The average molecular weight is 444 g/mol. The van der Waals surface area contributed by atoms with Crippen molar-refractivity contribution < 1.29 is 19.1 Å². The van der Waals surface area contributed by atoms with Crippen molar-refractivity contribution in [1.82, 2.24) is 10.2 Å². The second kappa shape index (κ2) is 9.34. The first-order chi connectivity index (χ1) is 14.6. The molecule has 1 fully saturated rings. The monoisotopic (exact) mass is 443 g/mol. The van der Waals surface area contributed by atoms with Crippen molar-refractivity contribution in [3.05, 3.63) is 64.0 Å². The first-order valence-corrected chi connectivity index (χ1v) is 10.4. The van der Waals surface area contributed by atoms with Crippen molar-refractivity contribution in [3.63, 3.8) is 0 Å². The molecule has 4 rings (SSSR count). The van der Waals surface area contributed by atoms with Gasteiger partial charge < -0.3 is 19.2 Å². The van der Waals surface area contributed by atoms with E-state index in [9.17, 15) is 9.90 Å². The summed E-state index contributed by atoms with van der Waals surface area (Å²) in [6.45, 7) is 3.12. The second-order valence-electron chi connectivity index (χ2n) is 6.49. The Balaban J connectivity index is 1.49. The maximum atomic E-state index is 11.7. The van der Waals surface area contributed by atoms with Crippen molar-refractivity contribution in [2.75, 3.05) is 31.2 Å². The van der Waals surface area contributed by atoms with Gasteiger partial charge in [-0.3, -0.25) is 0 Å². The molecule has 154 valence electrons. The van der Waals surface area contributed by atoms with E-state index in [1.54, 1.807) is 30.3 Å². The molecule has 0 saturated carbocycles. The van der Waals surface area contributed by atoms with Crippen molar-refractivity contribution in [1.29, 1.82) is 0 Å². The smallest absolute Gasteiger partial charge is 0.342 e. The largest absolute Gasteiger partial charge is 0.477 e. The lowest BCUT2D eigenvalue weighted by Crippen LogP contribution is -2.36. The minimum Gasteiger partial charge on any atom is -0.477 e. The van der Waals surface area contributed by atoms with Gasteiger partial charge in [0.05, 0.1) is 13.2 Å². The molecule has 1 aromatic heterocycles. The summed E-state index contributed by atoms with van der Waals surface area (Å²) in [4.78, 5) is 14.0. The quantitative estimate of drug-likeness (QED) is 0.441. The van der Waals surface area contributed by atoms with Gasteiger partial charge in [-0.05, 0) is 59.8 Å². The zero-order valence-electron chi connectivity index (χ0n) is 15.8. The van der Waals surface area contributed by atoms with Gasteiger partial charge in [-0.2, -0.15) is 0 Å². The summed E-state index contributed by atoms with van der Waals surface area (Å²) >= 11 is 6.80. The first-order valence-electron chi connectivity index (χ1n) is 9.23. The van der Waals surface area contributed by atoms with Crippen LogP contribution in [0.2, 0.25) is 5.02 Å². The number of benzene rings is 2. The number of halogens is 1. The Morgan fingerprint density at radius 1 is 1.07 bits per heavy atom. The van der Waals surface area contributed by atoms with Gasteiger partial charge in [-0.1, -0.05) is 23.7 Å². The van der Waals surface area contributed by atoms with Crippen LogP contribution in [0.25, 0.3) is 17.5 Å². The molecule has 0 amide bonds. The molecule has 0 radical (unpaired) electrons. The fourth-order valence-electron chi connectivity index (χ4n) is 2.94. The molecule has 0 atom stereocenters. The molecule has 3 aromatic rings. The number of rotatable bonds is 6. The third kappa shape index (κ3) is 5.02. The highest BCUT2D eigenvalue weighted by atomic mass is 35.5. The highest BCUT2D eigenvalue weighted by Gasteiger charge is 2.16. The number of hydrogen-bond donors (Lipinski definition) is 1. The van der Waals surface area contributed by atoms with E-state index in [0.717, 1.165) is 36.1 Å². The number of aromatic nitrogens is 2. The number of thioether (sulfide) groups is 1. The lowest BCUT2D eigenvalue weighted by atomic mass is 10.1. The van der Waals surface area contributed by atoms with Crippen molar-refractivity contribution in [2.45, 2.75) is 5.22 Å². The number of carboxylic acids is 1. The molecule has 2 aromatic carbocycles. The molecule has 0 unspecified atom stereocenters. The van der Waals surface area contributed by atoms with Crippen LogP contribution in [0.3, 0.4) is 0 Å². The van der Waals surface area contributed by atoms with Crippen molar-refractivity contribution in [3.8, 4) is 11.5 Å². The molecule has 7 nitrogen and oxygen atoms in total. The number of nitrogens with zero attached hydrogens (tertiary/aromatic N) is 3. The SMILES string of the molecule is O=C(O)/C(=C\c1ccc(N2CCOCC2)cc1)Sc1nnc(-c2ccc(Cl)cc2)o1. The van der Waals surface area contributed by atoms with E-state index >= 15 is 0 Å². The van der Waals surface area contributed by atoms with Crippen molar-refractivity contribution in [2.24, 2.45) is 0 Å². The first kappa shape index (κ1) is 20.5. The fraction of sp³-hybridized carbons (Fsp3) is 0.190. The highest BCUT2D eigenvalue weighted by Crippen LogP contribution is 2.30. The van der Waals surface area contributed by atoms with Gasteiger partial charge in [0.1, 0.15) is 4.91 Å². The van der Waals surface area contributed by atoms with Crippen LogP contribution in [0.1, 0.15) is 5.56 Å². The van der Waals surface area contributed by atoms with E-state index in [2.05, 4.69) is 15.1 Å². The Kier molecular flexibility index (Phi) is 6.37. The fourth-order valence-corrected chi connectivity index (χ4v) is 3.74. The van der Waals surface area contributed by atoms with E-state index in [-0.39, 0.29) is 10.1 Å². The van der Waals surface area contributed by atoms with Crippen LogP contribution < -0.4 is 4.90 Å². The Bertz CT molecular complexity index is 1040. The molecule has 2 heterocycles. The molecule has 1 N–H and O–H groups in total. The molecule has 0 aliphatic carbocycles. The van der Waals surface area contributed by atoms with Gasteiger partial charge in [-0.25, -0.2) is 4.79 Å². The standard InChI is InChI=1S/C21H18ClN3O4S/c22-16-5-3-15(4-6-16)19-23-24-21(29-19)30-18(20(26)27)13-14-1-7-17(8-2-14)25-9-11-28-12-10-25/h1-8,13H,9-12H2,(H,26,27)/b18-13+. The Morgan fingerprint density at radius 3 is 2.43 bits per heavy atom.